The lowest BCUT2D eigenvalue weighted by atomic mass is 9.83. The number of Topliss-reactive ketones (excluding diaryl/α,β-unsaturated/α-hetero) is 1. The van der Waals surface area contributed by atoms with Gasteiger partial charge in [0.15, 0.2) is 5.78 Å². The number of ether oxygens (including phenoxy) is 2. The average Bonchev–Trinajstić information content (AvgIpc) is 2.77. The summed E-state index contributed by atoms with van der Waals surface area (Å²) in [5.41, 5.74) is 4.56. The summed E-state index contributed by atoms with van der Waals surface area (Å²) in [5, 5.41) is 0. The lowest BCUT2D eigenvalue weighted by molar-refractivity contribution is -0.118. The molecule has 200 valence electrons. The highest BCUT2D eigenvalue weighted by Crippen LogP contribution is 2.45. The third-order valence-electron chi connectivity index (χ3n) is 8.26. The molecule has 0 saturated heterocycles. The Kier molecular flexibility index (Phi) is 11.6. The first-order valence-electron chi connectivity index (χ1n) is 14.4. The van der Waals surface area contributed by atoms with E-state index in [1.54, 1.807) is 6.92 Å². The van der Waals surface area contributed by atoms with Gasteiger partial charge in [-0.05, 0) is 94.7 Å². The van der Waals surface area contributed by atoms with Crippen molar-refractivity contribution in [1.82, 2.24) is 0 Å². The molecule has 0 spiro atoms. The Bertz CT molecular complexity index is 825. The molecular formula is C32H54O3. The van der Waals surface area contributed by atoms with Crippen LogP contribution in [0.25, 0.3) is 0 Å². The second kappa shape index (κ2) is 13.7. The minimum absolute atomic E-state index is 0.0494. The smallest absolute Gasteiger partial charge is 0.167 e. The van der Waals surface area contributed by atoms with Gasteiger partial charge >= 0.3 is 0 Å². The van der Waals surface area contributed by atoms with Gasteiger partial charge < -0.3 is 9.47 Å². The van der Waals surface area contributed by atoms with Crippen LogP contribution in [0.3, 0.4) is 0 Å². The third-order valence-corrected chi connectivity index (χ3v) is 8.26. The molecule has 3 heteroatoms. The molecular weight excluding hydrogens is 432 g/mol. The molecule has 1 heterocycles. The predicted molar refractivity (Wildman–Crippen MR) is 149 cm³/mol. The minimum Gasteiger partial charge on any atom is -0.487 e. The molecule has 3 nitrogen and oxygen atoms in total. The molecule has 1 aromatic rings. The third kappa shape index (κ3) is 9.14. The zero-order valence-electron chi connectivity index (χ0n) is 24.4. The molecule has 3 atom stereocenters. The molecule has 0 amide bonds. The van der Waals surface area contributed by atoms with Crippen molar-refractivity contribution in [3.63, 3.8) is 0 Å². The number of hydrogen-bond donors (Lipinski definition) is 0. The molecule has 35 heavy (non-hydrogen) atoms. The Labute approximate surface area is 216 Å². The van der Waals surface area contributed by atoms with Crippen LogP contribution in [0.5, 0.6) is 11.5 Å². The summed E-state index contributed by atoms with van der Waals surface area (Å²) >= 11 is 0. The normalized spacial score (nSPS) is 19.3. The fourth-order valence-corrected chi connectivity index (χ4v) is 5.65. The van der Waals surface area contributed by atoms with Crippen molar-refractivity contribution in [1.29, 1.82) is 0 Å². The van der Waals surface area contributed by atoms with Gasteiger partial charge in [-0.2, -0.15) is 0 Å². The zero-order valence-corrected chi connectivity index (χ0v) is 24.4. The first kappa shape index (κ1) is 29.7. The van der Waals surface area contributed by atoms with Gasteiger partial charge in [0.25, 0.3) is 0 Å². The van der Waals surface area contributed by atoms with Crippen molar-refractivity contribution >= 4 is 5.78 Å². The highest BCUT2D eigenvalue weighted by molar-refractivity contribution is 5.77. The van der Waals surface area contributed by atoms with Gasteiger partial charge in [-0.15, -0.1) is 0 Å². The van der Waals surface area contributed by atoms with E-state index in [9.17, 15) is 4.79 Å². The van der Waals surface area contributed by atoms with E-state index >= 15 is 0 Å². The summed E-state index contributed by atoms with van der Waals surface area (Å²) < 4.78 is 12.6. The predicted octanol–water partition coefficient (Wildman–Crippen LogP) is 9.10. The van der Waals surface area contributed by atoms with Gasteiger partial charge in [0, 0.05) is 5.56 Å². The first-order chi connectivity index (χ1) is 16.4. The maximum Gasteiger partial charge on any atom is 0.167 e. The summed E-state index contributed by atoms with van der Waals surface area (Å²) in [6.07, 6.45) is 14.0. The van der Waals surface area contributed by atoms with Crippen LogP contribution in [0.4, 0.5) is 0 Å². The fourth-order valence-electron chi connectivity index (χ4n) is 5.65. The number of ketones is 1. The summed E-state index contributed by atoms with van der Waals surface area (Å²) in [5.74, 6) is 4.49. The standard InChI is InChI=1S/C32H54O3/c1-22(2)13-10-14-23(3)15-11-16-24(4)17-12-19-32(9)20-18-29-28(8)30(34-21-25(5)33)26(6)27(7)31(29)35-32/h22-24H,10-21H2,1-9H3. The Morgan fingerprint density at radius 2 is 1.46 bits per heavy atom. The maximum atomic E-state index is 11.4. The summed E-state index contributed by atoms with van der Waals surface area (Å²) in [4.78, 5) is 11.4. The molecule has 0 fully saturated rings. The lowest BCUT2D eigenvalue weighted by Gasteiger charge is -2.38. The van der Waals surface area contributed by atoms with Crippen LogP contribution in [-0.2, 0) is 11.2 Å². The number of benzene rings is 1. The molecule has 1 aromatic carbocycles. The largest absolute Gasteiger partial charge is 0.487 e. The first-order valence-corrected chi connectivity index (χ1v) is 14.4. The number of carbonyl (C=O) groups is 1. The number of carbonyl (C=O) groups excluding carboxylic acids is 1. The van der Waals surface area contributed by atoms with Crippen LogP contribution in [0.2, 0.25) is 0 Å². The Balaban J connectivity index is 1.83. The Morgan fingerprint density at radius 3 is 2.03 bits per heavy atom. The molecule has 1 aliphatic rings. The second-order valence-electron chi connectivity index (χ2n) is 12.4. The molecule has 0 radical (unpaired) electrons. The Morgan fingerprint density at radius 1 is 0.886 bits per heavy atom. The maximum absolute atomic E-state index is 11.4. The summed E-state index contributed by atoms with van der Waals surface area (Å²) in [6.45, 7) is 19.9. The van der Waals surface area contributed by atoms with Crippen LogP contribution < -0.4 is 9.47 Å². The van der Waals surface area contributed by atoms with Gasteiger partial charge in [0.1, 0.15) is 23.7 Å². The van der Waals surface area contributed by atoms with Crippen molar-refractivity contribution in [2.75, 3.05) is 6.61 Å². The number of rotatable bonds is 15. The highest BCUT2D eigenvalue weighted by Gasteiger charge is 2.34. The molecule has 2 rings (SSSR count). The molecule has 0 N–H and O–H groups in total. The number of hydrogen-bond acceptors (Lipinski definition) is 3. The molecule has 0 aromatic heterocycles. The van der Waals surface area contributed by atoms with Gasteiger partial charge in [-0.1, -0.05) is 72.6 Å². The van der Waals surface area contributed by atoms with E-state index in [2.05, 4.69) is 55.4 Å². The molecule has 0 aliphatic carbocycles. The number of fused-ring (bicyclic) bond motifs is 1. The Hall–Kier alpha value is -1.51. The molecule has 0 bridgehead atoms. The van der Waals surface area contributed by atoms with Crippen LogP contribution in [-0.4, -0.2) is 18.0 Å². The summed E-state index contributed by atoms with van der Waals surface area (Å²) in [6, 6.07) is 0. The van der Waals surface area contributed by atoms with Gasteiger partial charge in [-0.3, -0.25) is 4.79 Å². The van der Waals surface area contributed by atoms with E-state index in [0.717, 1.165) is 65.2 Å². The molecule has 0 saturated carbocycles. The fraction of sp³-hybridized carbons (Fsp3) is 0.781. The van der Waals surface area contributed by atoms with Crippen molar-refractivity contribution < 1.29 is 14.3 Å². The highest BCUT2D eigenvalue weighted by atomic mass is 16.5. The zero-order chi connectivity index (χ0) is 26.2. The van der Waals surface area contributed by atoms with Crippen molar-refractivity contribution in [3.05, 3.63) is 22.3 Å². The van der Waals surface area contributed by atoms with E-state index in [1.807, 2.05) is 0 Å². The van der Waals surface area contributed by atoms with Crippen LogP contribution in [0.1, 0.15) is 128 Å². The van der Waals surface area contributed by atoms with Crippen LogP contribution in [0, 0.1) is 38.5 Å². The van der Waals surface area contributed by atoms with E-state index in [0.29, 0.717) is 0 Å². The quantitative estimate of drug-likeness (QED) is 0.248. The monoisotopic (exact) mass is 486 g/mol. The second-order valence-corrected chi connectivity index (χ2v) is 12.4. The van der Waals surface area contributed by atoms with Crippen molar-refractivity contribution in [3.8, 4) is 11.5 Å². The van der Waals surface area contributed by atoms with E-state index < -0.39 is 0 Å². The van der Waals surface area contributed by atoms with Crippen molar-refractivity contribution in [2.45, 2.75) is 139 Å². The van der Waals surface area contributed by atoms with Gasteiger partial charge in [-0.25, -0.2) is 0 Å². The van der Waals surface area contributed by atoms with Gasteiger partial charge in [0.05, 0.1) is 0 Å². The molecule has 3 unspecified atom stereocenters. The van der Waals surface area contributed by atoms with Crippen LogP contribution >= 0.6 is 0 Å². The van der Waals surface area contributed by atoms with Crippen molar-refractivity contribution in [2.24, 2.45) is 17.8 Å². The SMILES string of the molecule is CC(=O)COc1c(C)c(C)c2c(c1C)CCC(C)(CCCC(C)CCCC(C)CCCC(C)C)O2. The molecule has 1 aliphatic heterocycles. The average molecular weight is 487 g/mol. The van der Waals surface area contributed by atoms with E-state index in [4.69, 9.17) is 9.47 Å². The van der Waals surface area contributed by atoms with Gasteiger partial charge in [0.2, 0.25) is 0 Å². The van der Waals surface area contributed by atoms with E-state index in [-0.39, 0.29) is 18.0 Å². The lowest BCUT2D eigenvalue weighted by Crippen LogP contribution is -2.37. The summed E-state index contributed by atoms with van der Waals surface area (Å²) in [7, 11) is 0. The van der Waals surface area contributed by atoms with Crippen LogP contribution in [0.15, 0.2) is 0 Å². The minimum atomic E-state index is -0.0942. The topological polar surface area (TPSA) is 35.5 Å². The van der Waals surface area contributed by atoms with E-state index in [1.165, 1.54) is 56.9 Å².